The van der Waals surface area contributed by atoms with Crippen LogP contribution in [0.15, 0.2) is 41.5 Å². The zero-order valence-corrected chi connectivity index (χ0v) is 20.0. The monoisotopic (exact) mass is 461 g/mol. The lowest BCUT2D eigenvalue weighted by atomic mass is 10.0. The van der Waals surface area contributed by atoms with Gasteiger partial charge in [0.1, 0.15) is 11.3 Å². The number of aliphatic imine (C=N–C) groups is 1. The summed E-state index contributed by atoms with van der Waals surface area (Å²) >= 11 is 0. The summed E-state index contributed by atoms with van der Waals surface area (Å²) in [6, 6.07) is 5.35. The second-order valence-corrected chi connectivity index (χ2v) is 8.35. The molecule has 3 N–H and O–H groups in total. The molecule has 3 heterocycles. The number of amides is 1. The lowest BCUT2D eigenvalue weighted by molar-refractivity contribution is 0.1000. The summed E-state index contributed by atoms with van der Waals surface area (Å²) in [5.74, 6) is 0.645. The summed E-state index contributed by atoms with van der Waals surface area (Å²) < 4.78 is 9.62. The second kappa shape index (κ2) is 9.94. The third-order valence-electron chi connectivity index (χ3n) is 5.92. The molecule has 1 amide bonds. The number of aromatic nitrogens is 4. The van der Waals surface area contributed by atoms with Crippen molar-refractivity contribution in [1.82, 2.24) is 19.3 Å². The lowest BCUT2D eigenvalue weighted by Gasteiger charge is -2.15. The van der Waals surface area contributed by atoms with Gasteiger partial charge in [-0.25, -0.2) is 4.98 Å². The number of hydrogen-bond acceptors (Lipinski definition) is 6. The van der Waals surface area contributed by atoms with E-state index in [1.807, 2.05) is 37.0 Å². The van der Waals surface area contributed by atoms with Crippen LogP contribution in [-0.4, -0.2) is 38.6 Å². The average Bonchev–Trinajstić information content (AvgIpc) is 3.38. The van der Waals surface area contributed by atoms with E-state index in [1.54, 1.807) is 19.2 Å². The van der Waals surface area contributed by atoms with Crippen molar-refractivity contribution in [2.75, 3.05) is 12.4 Å². The van der Waals surface area contributed by atoms with Gasteiger partial charge in [-0.05, 0) is 57.7 Å². The molecule has 4 rings (SSSR count). The Balaban J connectivity index is 1.71. The first-order valence-electron chi connectivity index (χ1n) is 11.5. The average molecular weight is 462 g/mol. The van der Waals surface area contributed by atoms with Crippen molar-refractivity contribution in [3.05, 3.63) is 53.5 Å². The molecule has 0 unspecified atom stereocenters. The molecule has 9 heteroatoms. The van der Waals surface area contributed by atoms with E-state index in [0.717, 1.165) is 49.1 Å². The molecule has 1 aliphatic rings. The number of hydrogen-bond donors (Lipinski definition) is 2. The molecule has 3 aromatic rings. The molecular weight excluding hydrogens is 430 g/mol. The van der Waals surface area contributed by atoms with Crippen molar-refractivity contribution >= 4 is 34.8 Å². The number of imidazole rings is 1. The first-order valence-corrected chi connectivity index (χ1v) is 11.5. The van der Waals surface area contributed by atoms with Gasteiger partial charge in [0.2, 0.25) is 11.9 Å². The van der Waals surface area contributed by atoms with E-state index >= 15 is 0 Å². The van der Waals surface area contributed by atoms with Crippen molar-refractivity contribution in [3.8, 4) is 5.75 Å². The van der Waals surface area contributed by atoms with Crippen molar-refractivity contribution in [2.24, 2.45) is 10.7 Å². The lowest BCUT2D eigenvalue weighted by Crippen LogP contribution is -2.12. The van der Waals surface area contributed by atoms with Crippen LogP contribution in [0.1, 0.15) is 54.4 Å². The fraction of sp³-hybridized carbons (Fsp3) is 0.360. The summed E-state index contributed by atoms with van der Waals surface area (Å²) in [5, 5.41) is 7.90. The highest BCUT2D eigenvalue weighted by Gasteiger charge is 2.19. The Kier molecular flexibility index (Phi) is 6.81. The molecule has 1 aromatic carbocycles. The molecular formula is C25H31N7O2. The largest absolute Gasteiger partial charge is 0.494 e. The van der Waals surface area contributed by atoms with Crippen LogP contribution >= 0.6 is 0 Å². The smallest absolute Gasteiger partial charge is 0.248 e. The van der Waals surface area contributed by atoms with Gasteiger partial charge >= 0.3 is 0 Å². The topological polar surface area (TPSA) is 112 Å². The Bertz CT molecular complexity index is 1300. The number of carbonyl (C=O) groups excluding carboxylic acids is 1. The minimum atomic E-state index is -0.527. The highest BCUT2D eigenvalue weighted by molar-refractivity contribution is 5.99. The van der Waals surface area contributed by atoms with Gasteiger partial charge in [0.05, 0.1) is 29.7 Å². The van der Waals surface area contributed by atoms with Gasteiger partial charge in [0.25, 0.3) is 0 Å². The number of fused-ring (bicyclic) bond motifs is 1. The van der Waals surface area contributed by atoms with Gasteiger partial charge in [0.15, 0.2) is 0 Å². The summed E-state index contributed by atoms with van der Waals surface area (Å²) in [6.45, 7) is 9.67. The first-order chi connectivity index (χ1) is 16.4. The van der Waals surface area contributed by atoms with Gasteiger partial charge < -0.3 is 20.4 Å². The van der Waals surface area contributed by atoms with Crippen molar-refractivity contribution < 1.29 is 9.53 Å². The Morgan fingerprint density at radius 1 is 1.32 bits per heavy atom. The second-order valence-electron chi connectivity index (χ2n) is 8.35. The number of rotatable bonds is 10. The maximum Gasteiger partial charge on any atom is 0.248 e. The van der Waals surface area contributed by atoms with Gasteiger partial charge in [0, 0.05) is 31.1 Å². The van der Waals surface area contributed by atoms with E-state index in [4.69, 9.17) is 15.5 Å². The van der Waals surface area contributed by atoms with Crippen molar-refractivity contribution in [1.29, 1.82) is 0 Å². The maximum atomic E-state index is 11.9. The number of anilines is 1. The van der Waals surface area contributed by atoms with Gasteiger partial charge in [-0.15, -0.1) is 0 Å². The molecule has 0 aliphatic carbocycles. The molecule has 0 atom stereocenters. The number of aryl methyl sites for hydroxylation is 3. The third-order valence-corrected chi connectivity index (χ3v) is 5.92. The Hall–Kier alpha value is -3.88. The molecule has 34 heavy (non-hydrogen) atoms. The van der Waals surface area contributed by atoms with Crippen LogP contribution in [0, 0.1) is 6.92 Å². The zero-order chi connectivity index (χ0) is 24.2. The molecule has 0 bridgehead atoms. The van der Waals surface area contributed by atoms with E-state index in [1.165, 1.54) is 5.57 Å². The van der Waals surface area contributed by atoms with Crippen LogP contribution in [-0.2, 0) is 13.1 Å². The van der Waals surface area contributed by atoms with E-state index in [-0.39, 0.29) is 0 Å². The number of nitrogens with zero attached hydrogens (tertiary/aromatic N) is 5. The highest BCUT2D eigenvalue weighted by Crippen LogP contribution is 2.32. The first kappa shape index (κ1) is 23.3. The fourth-order valence-corrected chi connectivity index (χ4v) is 4.27. The fourth-order valence-electron chi connectivity index (χ4n) is 4.27. The quantitative estimate of drug-likeness (QED) is 0.468. The Morgan fingerprint density at radius 2 is 2.15 bits per heavy atom. The Morgan fingerprint density at radius 3 is 2.82 bits per heavy atom. The molecule has 0 spiro atoms. The number of primary amides is 1. The molecule has 178 valence electrons. The molecule has 2 aromatic heterocycles. The van der Waals surface area contributed by atoms with E-state index in [9.17, 15) is 4.79 Å². The van der Waals surface area contributed by atoms with Crippen LogP contribution in [0.5, 0.6) is 5.75 Å². The van der Waals surface area contributed by atoms with Crippen LogP contribution in [0.25, 0.3) is 16.7 Å². The normalized spacial score (nSPS) is 13.2. The van der Waals surface area contributed by atoms with Crippen LogP contribution in [0.2, 0.25) is 0 Å². The molecule has 9 nitrogen and oxygen atoms in total. The minimum Gasteiger partial charge on any atom is -0.494 e. The number of ether oxygens (including phenoxy) is 1. The molecule has 0 fully saturated rings. The van der Waals surface area contributed by atoms with Crippen LogP contribution < -0.4 is 15.8 Å². The van der Waals surface area contributed by atoms with Crippen LogP contribution in [0.4, 0.5) is 5.95 Å². The molecule has 0 saturated heterocycles. The number of benzene rings is 1. The van der Waals surface area contributed by atoms with Crippen molar-refractivity contribution in [3.63, 3.8) is 0 Å². The predicted octanol–water partition coefficient (Wildman–Crippen LogP) is 4.28. The Labute approximate surface area is 199 Å². The third kappa shape index (κ3) is 4.73. The van der Waals surface area contributed by atoms with E-state index in [2.05, 4.69) is 26.6 Å². The summed E-state index contributed by atoms with van der Waals surface area (Å²) in [6.07, 6.45) is 7.79. The van der Waals surface area contributed by atoms with Gasteiger partial charge in [-0.1, -0.05) is 12.2 Å². The zero-order valence-electron chi connectivity index (χ0n) is 20.0. The number of carbonyl (C=O) groups is 1. The van der Waals surface area contributed by atoms with E-state index in [0.29, 0.717) is 35.0 Å². The maximum absolute atomic E-state index is 11.9. The summed E-state index contributed by atoms with van der Waals surface area (Å²) in [5.41, 5.74) is 11.2. The van der Waals surface area contributed by atoms with Gasteiger partial charge in [-0.3, -0.25) is 14.5 Å². The summed E-state index contributed by atoms with van der Waals surface area (Å²) in [4.78, 5) is 20.9. The summed E-state index contributed by atoms with van der Waals surface area (Å²) in [7, 11) is 1.58. The molecule has 1 aliphatic heterocycles. The number of methoxy groups -OCH3 is 1. The van der Waals surface area contributed by atoms with E-state index < -0.39 is 5.91 Å². The number of nitrogens with two attached hydrogens (primary N) is 1. The van der Waals surface area contributed by atoms with Crippen LogP contribution in [0.3, 0.4) is 0 Å². The number of nitrogens with one attached hydrogen (secondary N) is 1. The standard InChI is InChI=1S/C25H31N7O2/c1-5-32-21(12-16(2)30-32)17(3)28-25-29-20-13-19(24(26)33)14-22(34-4)23(20)31(25)11-7-9-18-8-6-10-27-15-18/h10,12-15H,3,5-9,11H2,1-2,4H3,(H2,26,33)(H,28,29). The minimum absolute atomic E-state index is 0.351. The molecule has 0 radical (unpaired) electrons. The predicted molar refractivity (Wildman–Crippen MR) is 135 cm³/mol. The van der Waals surface area contributed by atoms with Gasteiger partial charge in [-0.2, -0.15) is 5.10 Å². The number of allylic oxidation sites excluding steroid dienone is 1. The van der Waals surface area contributed by atoms with Crippen molar-refractivity contribution in [2.45, 2.75) is 52.6 Å². The highest BCUT2D eigenvalue weighted by atomic mass is 16.5. The SMILES string of the molecule is C=C(Nc1nc2cc(C(N)=O)cc(OC)c2n1CCCC1=CN=CCC1)c1cc(C)nn1CC. The molecule has 0 saturated carbocycles.